The number of thioether (sulfide) groups is 1. The summed E-state index contributed by atoms with van der Waals surface area (Å²) in [7, 11) is 1.63. The first-order chi connectivity index (χ1) is 17.1. The molecule has 178 valence electrons. The Morgan fingerprint density at radius 3 is 2.57 bits per heavy atom. The van der Waals surface area contributed by atoms with Gasteiger partial charge in [0.2, 0.25) is 11.1 Å². The van der Waals surface area contributed by atoms with Crippen molar-refractivity contribution in [1.29, 1.82) is 0 Å². The highest BCUT2D eigenvalue weighted by atomic mass is 32.2. The molecule has 1 amide bonds. The van der Waals surface area contributed by atoms with Gasteiger partial charge >= 0.3 is 0 Å². The van der Waals surface area contributed by atoms with Gasteiger partial charge in [-0.3, -0.25) is 4.79 Å². The topological polar surface area (TPSA) is 90.3 Å². The van der Waals surface area contributed by atoms with Crippen molar-refractivity contribution in [2.75, 3.05) is 17.9 Å². The predicted molar refractivity (Wildman–Crippen MR) is 135 cm³/mol. The lowest BCUT2D eigenvalue weighted by Gasteiger charge is -2.33. The fraction of sp³-hybridized carbons (Fsp3) is 0.192. The van der Waals surface area contributed by atoms with Gasteiger partial charge in [0.05, 0.1) is 13.2 Å². The Morgan fingerprint density at radius 2 is 1.83 bits per heavy atom. The summed E-state index contributed by atoms with van der Waals surface area (Å²) in [5.74, 6) is 1.99. The molecular weight excluding hydrogens is 462 g/mol. The van der Waals surface area contributed by atoms with Gasteiger partial charge in [-0.2, -0.15) is 0 Å². The average molecular weight is 488 g/mol. The average Bonchev–Trinajstić information content (AvgIpc) is 3.29. The van der Waals surface area contributed by atoms with E-state index in [-0.39, 0.29) is 18.6 Å². The molecule has 1 aromatic heterocycles. The number of hydrogen-bond acceptors (Lipinski definition) is 7. The molecule has 8 nitrogen and oxygen atoms in total. The zero-order valence-corrected chi connectivity index (χ0v) is 20.2. The number of hydrogen-bond donors (Lipinski definition) is 2. The van der Waals surface area contributed by atoms with E-state index in [0.29, 0.717) is 11.0 Å². The number of methoxy groups -OCH3 is 1. The van der Waals surface area contributed by atoms with Gasteiger partial charge in [-0.05, 0) is 54.4 Å². The van der Waals surface area contributed by atoms with Gasteiger partial charge < -0.3 is 20.2 Å². The van der Waals surface area contributed by atoms with Crippen molar-refractivity contribution in [1.82, 2.24) is 14.9 Å². The number of fused-ring (bicyclic) bond motifs is 1. The molecule has 35 heavy (non-hydrogen) atoms. The van der Waals surface area contributed by atoms with Crippen LogP contribution in [0.15, 0.2) is 84.0 Å². The summed E-state index contributed by atoms with van der Waals surface area (Å²) < 4.78 is 13.0. The minimum absolute atomic E-state index is 0.120. The molecule has 0 radical (unpaired) electrons. The van der Waals surface area contributed by atoms with Crippen molar-refractivity contribution in [2.45, 2.75) is 30.0 Å². The highest BCUT2D eigenvalue weighted by molar-refractivity contribution is 8.00. The van der Waals surface area contributed by atoms with Crippen LogP contribution in [0.2, 0.25) is 0 Å². The van der Waals surface area contributed by atoms with Crippen LogP contribution in [0.4, 0.5) is 5.69 Å². The van der Waals surface area contributed by atoms with E-state index in [1.807, 2.05) is 85.8 Å². The summed E-state index contributed by atoms with van der Waals surface area (Å²) in [5, 5.41) is 11.8. The zero-order chi connectivity index (χ0) is 24.2. The van der Waals surface area contributed by atoms with E-state index in [9.17, 15) is 4.79 Å². The van der Waals surface area contributed by atoms with Crippen molar-refractivity contribution < 1.29 is 14.3 Å². The minimum atomic E-state index is -0.483. The Balaban J connectivity index is 1.42. The second-order valence-electron chi connectivity index (χ2n) is 8.11. The van der Waals surface area contributed by atoms with Crippen LogP contribution in [0, 0.1) is 6.92 Å². The first kappa shape index (κ1) is 22.8. The van der Waals surface area contributed by atoms with Gasteiger partial charge in [-0.25, -0.2) is 4.68 Å². The summed E-state index contributed by atoms with van der Waals surface area (Å²) in [4.78, 5) is 13.4. The lowest BCUT2D eigenvalue weighted by Crippen LogP contribution is -2.41. The number of aromatic nitrogens is 3. The third kappa shape index (κ3) is 5.09. The first-order valence-corrected chi connectivity index (χ1v) is 12.1. The lowest BCUT2D eigenvalue weighted by atomic mass is 10.0. The summed E-state index contributed by atoms with van der Waals surface area (Å²) in [6.07, 6.45) is 0. The Bertz CT molecular complexity index is 1310. The molecule has 1 aliphatic heterocycles. The van der Waals surface area contributed by atoms with Crippen LogP contribution in [0.3, 0.4) is 0 Å². The van der Waals surface area contributed by atoms with E-state index in [2.05, 4.69) is 20.9 Å². The molecule has 3 aromatic carbocycles. The molecule has 5 rings (SSSR count). The van der Waals surface area contributed by atoms with Crippen molar-refractivity contribution in [3.8, 4) is 11.5 Å². The number of carbonyl (C=O) groups is 1. The SMILES string of the molecule is COc1ccc([C@@H]2Nn3c(COc4ccccc4)nnc3S[C@@H]2C(=O)Nc2cccc(C)c2)cc1. The quantitative estimate of drug-likeness (QED) is 0.395. The molecule has 9 heteroatoms. The first-order valence-electron chi connectivity index (χ1n) is 11.2. The normalized spacial score (nSPS) is 16.6. The molecule has 4 aromatic rings. The number of benzene rings is 3. The van der Waals surface area contributed by atoms with Crippen LogP contribution in [-0.2, 0) is 11.4 Å². The van der Waals surface area contributed by atoms with E-state index in [0.717, 1.165) is 28.3 Å². The third-order valence-corrected chi connectivity index (χ3v) is 6.85. The van der Waals surface area contributed by atoms with E-state index in [4.69, 9.17) is 9.47 Å². The molecule has 0 aliphatic carbocycles. The summed E-state index contributed by atoms with van der Waals surface area (Å²) >= 11 is 1.37. The molecule has 1 aliphatic rings. The number of para-hydroxylation sites is 1. The second kappa shape index (κ2) is 10.1. The number of amides is 1. The zero-order valence-electron chi connectivity index (χ0n) is 19.3. The van der Waals surface area contributed by atoms with Gasteiger partial charge in [-0.15, -0.1) is 10.2 Å². The number of nitrogens with zero attached hydrogens (tertiary/aromatic N) is 3. The molecule has 2 heterocycles. The molecule has 2 atom stereocenters. The summed E-state index contributed by atoms with van der Waals surface area (Å²) in [5.41, 5.74) is 6.23. The van der Waals surface area contributed by atoms with E-state index in [1.165, 1.54) is 11.8 Å². The second-order valence-corrected chi connectivity index (χ2v) is 9.22. The van der Waals surface area contributed by atoms with Crippen molar-refractivity contribution in [3.63, 3.8) is 0 Å². The number of carbonyl (C=O) groups excluding carboxylic acids is 1. The van der Waals surface area contributed by atoms with Crippen LogP contribution < -0.4 is 20.2 Å². The Labute approximate surface area is 207 Å². The molecule has 0 saturated heterocycles. The summed E-state index contributed by atoms with van der Waals surface area (Å²) in [6, 6.07) is 24.7. The smallest absolute Gasteiger partial charge is 0.240 e. The standard InChI is InChI=1S/C26H25N5O3S/c1-17-7-6-8-19(15-17)27-25(32)24-23(18-11-13-20(33-2)14-12-18)30-31-22(28-29-26(31)35-24)16-34-21-9-4-3-5-10-21/h3-15,23-24,30H,16H2,1-2H3,(H,27,32)/t23-,24-/m0/s1. The molecule has 0 fully saturated rings. The molecule has 0 saturated carbocycles. The van der Waals surface area contributed by atoms with Gasteiger partial charge in [-0.1, -0.05) is 54.2 Å². The minimum Gasteiger partial charge on any atom is -0.497 e. The third-order valence-electron chi connectivity index (χ3n) is 5.63. The highest BCUT2D eigenvalue weighted by Gasteiger charge is 2.38. The highest BCUT2D eigenvalue weighted by Crippen LogP contribution is 2.38. The Hall–Kier alpha value is -3.98. The van der Waals surface area contributed by atoms with E-state index >= 15 is 0 Å². The van der Waals surface area contributed by atoms with Crippen LogP contribution in [0.5, 0.6) is 11.5 Å². The molecule has 0 unspecified atom stereocenters. The maximum absolute atomic E-state index is 13.4. The fourth-order valence-corrected chi connectivity index (χ4v) is 4.95. The largest absolute Gasteiger partial charge is 0.497 e. The monoisotopic (exact) mass is 487 g/mol. The van der Waals surface area contributed by atoms with Crippen LogP contribution in [0.1, 0.15) is 23.0 Å². The lowest BCUT2D eigenvalue weighted by molar-refractivity contribution is -0.116. The van der Waals surface area contributed by atoms with Crippen molar-refractivity contribution in [2.24, 2.45) is 0 Å². The number of aryl methyl sites for hydroxylation is 1. The van der Waals surface area contributed by atoms with E-state index in [1.54, 1.807) is 11.8 Å². The van der Waals surface area contributed by atoms with Crippen LogP contribution in [-0.4, -0.2) is 33.1 Å². The number of rotatable bonds is 7. The number of nitrogens with one attached hydrogen (secondary N) is 2. The molecule has 0 spiro atoms. The van der Waals surface area contributed by atoms with Gasteiger partial charge in [0.25, 0.3) is 0 Å². The number of ether oxygens (including phenoxy) is 2. The molecule has 0 bridgehead atoms. The summed E-state index contributed by atoms with van der Waals surface area (Å²) in [6.45, 7) is 2.23. The van der Waals surface area contributed by atoms with Crippen molar-refractivity contribution in [3.05, 3.63) is 95.8 Å². The van der Waals surface area contributed by atoms with E-state index < -0.39 is 5.25 Å². The Kier molecular flexibility index (Phi) is 6.58. The maximum Gasteiger partial charge on any atom is 0.240 e. The Morgan fingerprint density at radius 1 is 1.03 bits per heavy atom. The predicted octanol–water partition coefficient (Wildman–Crippen LogP) is 4.57. The fourth-order valence-electron chi connectivity index (χ4n) is 3.85. The van der Waals surface area contributed by atoms with Gasteiger partial charge in [0.15, 0.2) is 5.82 Å². The van der Waals surface area contributed by atoms with Gasteiger partial charge in [0.1, 0.15) is 23.4 Å². The van der Waals surface area contributed by atoms with Gasteiger partial charge in [0, 0.05) is 5.69 Å². The van der Waals surface area contributed by atoms with Crippen LogP contribution >= 0.6 is 11.8 Å². The molecule has 2 N–H and O–H groups in total. The maximum atomic E-state index is 13.4. The molecular formula is C26H25N5O3S. The van der Waals surface area contributed by atoms with Crippen molar-refractivity contribution >= 4 is 23.4 Å². The van der Waals surface area contributed by atoms with Crippen LogP contribution in [0.25, 0.3) is 0 Å². The number of anilines is 1.